The molecular formula is C20H22N2O2S2. The average molecular weight is 387 g/mol. The van der Waals surface area contributed by atoms with Crippen LogP contribution in [0.5, 0.6) is 0 Å². The molecule has 0 amide bonds. The van der Waals surface area contributed by atoms with Crippen molar-refractivity contribution in [3.05, 3.63) is 65.0 Å². The summed E-state index contributed by atoms with van der Waals surface area (Å²) in [5.41, 5.74) is 5.18. The van der Waals surface area contributed by atoms with Crippen molar-refractivity contribution in [2.75, 3.05) is 4.72 Å². The minimum absolute atomic E-state index is 0.274. The highest BCUT2D eigenvalue weighted by atomic mass is 32.2. The van der Waals surface area contributed by atoms with Crippen LogP contribution >= 0.6 is 11.3 Å². The minimum atomic E-state index is -3.61. The van der Waals surface area contributed by atoms with Crippen LogP contribution in [0.3, 0.4) is 0 Å². The molecule has 0 saturated heterocycles. The van der Waals surface area contributed by atoms with E-state index >= 15 is 0 Å². The lowest BCUT2D eigenvalue weighted by Gasteiger charge is -2.10. The highest BCUT2D eigenvalue weighted by Crippen LogP contribution is 2.24. The Morgan fingerprint density at radius 2 is 1.88 bits per heavy atom. The third-order valence-electron chi connectivity index (χ3n) is 4.15. The van der Waals surface area contributed by atoms with Gasteiger partial charge in [0.05, 0.1) is 16.1 Å². The minimum Gasteiger partial charge on any atom is -0.280 e. The summed E-state index contributed by atoms with van der Waals surface area (Å²) in [6, 6.07) is 14.4. The molecule has 4 nitrogen and oxygen atoms in total. The topological polar surface area (TPSA) is 59.1 Å². The van der Waals surface area contributed by atoms with E-state index in [4.69, 9.17) is 0 Å². The monoisotopic (exact) mass is 386 g/mol. The molecule has 0 aliphatic heterocycles. The molecule has 0 fully saturated rings. The van der Waals surface area contributed by atoms with Crippen molar-refractivity contribution in [1.29, 1.82) is 0 Å². The number of anilines is 1. The summed E-state index contributed by atoms with van der Waals surface area (Å²) in [4.78, 5) is 4.54. The fourth-order valence-electron chi connectivity index (χ4n) is 2.73. The van der Waals surface area contributed by atoms with Crippen LogP contribution in [-0.2, 0) is 16.4 Å². The van der Waals surface area contributed by atoms with Gasteiger partial charge in [0.25, 0.3) is 10.0 Å². The Labute approximate surface area is 159 Å². The molecule has 0 bridgehead atoms. The predicted octanol–water partition coefficient (Wildman–Crippen LogP) is 5.34. The van der Waals surface area contributed by atoms with E-state index < -0.39 is 10.0 Å². The van der Waals surface area contributed by atoms with Crippen molar-refractivity contribution in [1.82, 2.24) is 4.98 Å². The zero-order valence-corrected chi connectivity index (χ0v) is 16.3. The molecule has 0 radical (unpaired) electrons. The van der Waals surface area contributed by atoms with Crippen LogP contribution in [0.4, 0.5) is 5.69 Å². The SMILES string of the molecule is CCCCCc1ccc(S(=O)(=O)Nc2cccc(-c3cscn3)c2)cc1. The molecule has 2 aromatic carbocycles. The van der Waals surface area contributed by atoms with E-state index in [0.717, 1.165) is 24.1 Å². The smallest absolute Gasteiger partial charge is 0.261 e. The standard InChI is InChI=1S/C20H22N2O2S2/c1-2-3-4-6-16-9-11-19(12-10-16)26(23,24)22-18-8-5-7-17(13-18)20-14-25-15-21-20/h5,7-15,22H,2-4,6H2,1H3. The van der Waals surface area contributed by atoms with Crippen LogP contribution in [0.25, 0.3) is 11.3 Å². The molecule has 0 aliphatic rings. The summed E-state index contributed by atoms with van der Waals surface area (Å²) in [5.74, 6) is 0. The van der Waals surface area contributed by atoms with Crippen LogP contribution < -0.4 is 4.72 Å². The van der Waals surface area contributed by atoms with Gasteiger partial charge in [0, 0.05) is 16.6 Å². The average Bonchev–Trinajstić information content (AvgIpc) is 3.17. The number of thiazole rings is 1. The molecule has 26 heavy (non-hydrogen) atoms. The van der Waals surface area contributed by atoms with E-state index in [-0.39, 0.29) is 4.90 Å². The molecule has 0 spiro atoms. The number of aromatic nitrogens is 1. The number of benzene rings is 2. The maximum atomic E-state index is 12.6. The Morgan fingerprint density at radius 1 is 1.08 bits per heavy atom. The molecule has 1 N–H and O–H groups in total. The third kappa shape index (κ3) is 4.71. The summed E-state index contributed by atoms with van der Waals surface area (Å²) in [6.45, 7) is 2.17. The highest BCUT2D eigenvalue weighted by molar-refractivity contribution is 7.92. The highest BCUT2D eigenvalue weighted by Gasteiger charge is 2.14. The Kier molecular flexibility index (Phi) is 6.06. The molecule has 1 aromatic heterocycles. The van der Waals surface area contributed by atoms with Gasteiger partial charge >= 0.3 is 0 Å². The van der Waals surface area contributed by atoms with Gasteiger partial charge in [-0.3, -0.25) is 4.72 Å². The fourth-order valence-corrected chi connectivity index (χ4v) is 4.34. The summed E-state index contributed by atoms with van der Waals surface area (Å²) < 4.78 is 27.9. The van der Waals surface area contributed by atoms with Crippen molar-refractivity contribution in [3.63, 3.8) is 0 Å². The second kappa shape index (κ2) is 8.47. The van der Waals surface area contributed by atoms with Crippen LogP contribution in [0.2, 0.25) is 0 Å². The van der Waals surface area contributed by atoms with E-state index in [1.165, 1.54) is 29.7 Å². The lowest BCUT2D eigenvalue weighted by Crippen LogP contribution is -2.13. The normalized spacial score (nSPS) is 11.4. The molecule has 3 aromatic rings. The second-order valence-corrected chi connectivity index (χ2v) is 8.56. The molecule has 0 saturated carbocycles. The van der Waals surface area contributed by atoms with E-state index in [1.54, 1.807) is 29.8 Å². The fraction of sp³-hybridized carbons (Fsp3) is 0.250. The predicted molar refractivity (Wildman–Crippen MR) is 108 cm³/mol. The molecule has 3 rings (SSSR count). The number of nitrogens with zero attached hydrogens (tertiary/aromatic N) is 1. The number of hydrogen-bond acceptors (Lipinski definition) is 4. The van der Waals surface area contributed by atoms with Crippen LogP contribution in [0, 0.1) is 0 Å². The maximum absolute atomic E-state index is 12.6. The van der Waals surface area contributed by atoms with Crippen LogP contribution in [0.1, 0.15) is 31.7 Å². The van der Waals surface area contributed by atoms with Crippen molar-refractivity contribution < 1.29 is 8.42 Å². The molecule has 0 aliphatic carbocycles. The first-order valence-corrected chi connectivity index (χ1v) is 11.1. The van der Waals surface area contributed by atoms with Gasteiger partial charge in [-0.05, 0) is 42.7 Å². The maximum Gasteiger partial charge on any atom is 0.261 e. The van der Waals surface area contributed by atoms with Crippen molar-refractivity contribution in [2.45, 2.75) is 37.5 Å². The number of nitrogens with one attached hydrogen (secondary N) is 1. The summed E-state index contributed by atoms with van der Waals surface area (Å²) in [6.07, 6.45) is 4.48. The Morgan fingerprint density at radius 3 is 2.58 bits per heavy atom. The summed E-state index contributed by atoms with van der Waals surface area (Å²) >= 11 is 1.51. The van der Waals surface area contributed by atoms with Crippen LogP contribution in [-0.4, -0.2) is 13.4 Å². The number of aryl methyl sites for hydroxylation is 1. The van der Waals surface area contributed by atoms with Gasteiger partial charge in [0.1, 0.15) is 0 Å². The van der Waals surface area contributed by atoms with Gasteiger partial charge in [0.2, 0.25) is 0 Å². The quantitative estimate of drug-likeness (QED) is 0.531. The lowest BCUT2D eigenvalue weighted by molar-refractivity contribution is 0.601. The van der Waals surface area contributed by atoms with E-state index in [9.17, 15) is 8.42 Å². The first-order chi connectivity index (χ1) is 12.6. The van der Waals surface area contributed by atoms with Crippen LogP contribution in [0.15, 0.2) is 64.3 Å². The molecule has 136 valence electrons. The van der Waals surface area contributed by atoms with Gasteiger partial charge in [-0.1, -0.05) is 44.0 Å². The van der Waals surface area contributed by atoms with Gasteiger partial charge in [-0.25, -0.2) is 13.4 Å². The zero-order chi connectivity index (χ0) is 18.4. The Bertz CT molecular complexity index is 934. The first-order valence-electron chi connectivity index (χ1n) is 8.69. The lowest BCUT2D eigenvalue weighted by atomic mass is 10.1. The zero-order valence-electron chi connectivity index (χ0n) is 14.7. The number of hydrogen-bond donors (Lipinski definition) is 1. The van der Waals surface area contributed by atoms with Crippen molar-refractivity contribution >= 4 is 27.0 Å². The summed E-state index contributed by atoms with van der Waals surface area (Å²) in [7, 11) is -3.61. The molecular weight excluding hydrogens is 364 g/mol. The van der Waals surface area contributed by atoms with E-state index in [0.29, 0.717) is 5.69 Å². The summed E-state index contributed by atoms with van der Waals surface area (Å²) in [5, 5.41) is 1.94. The number of rotatable bonds is 8. The second-order valence-electron chi connectivity index (χ2n) is 6.16. The molecule has 1 heterocycles. The third-order valence-corrected chi connectivity index (χ3v) is 6.13. The van der Waals surface area contributed by atoms with Gasteiger partial charge < -0.3 is 0 Å². The largest absolute Gasteiger partial charge is 0.280 e. The van der Waals surface area contributed by atoms with Gasteiger partial charge in [-0.15, -0.1) is 11.3 Å². The number of sulfonamides is 1. The number of unbranched alkanes of at least 4 members (excludes halogenated alkanes) is 2. The van der Waals surface area contributed by atoms with E-state index in [2.05, 4.69) is 16.6 Å². The molecule has 6 heteroatoms. The van der Waals surface area contributed by atoms with Crippen molar-refractivity contribution in [3.8, 4) is 11.3 Å². The Balaban J connectivity index is 1.73. The molecule has 0 atom stereocenters. The van der Waals surface area contributed by atoms with Crippen molar-refractivity contribution in [2.24, 2.45) is 0 Å². The van der Waals surface area contributed by atoms with Gasteiger partial charge in [0.15, 0.2) is 0 Å². The molecule has 0 unspecified atom stereocenters. The van der Waals surface area contributed by atoms with E-state index in [1.807, 2.05) is 29.6 Å². The Hall–Kier alpha value is -2.18. The first kappa shape index (κ1) is 18.6. The van der Waals surface area contributed by atoms with Gasteiger partial charge in [-0.2, -0.15) is 0 Å².